The van der Waals surface area contributed by atoms with E-state index in [1.54, 1.807) is 23.4 Å². The number of thioether (sulfide) groups is 1. The van der Waals surface area contributed by atoms with Crippen molar-refractivity contribution in [2.24, 2.45) is 10.2 Å². The first-order chi connectivity index (χ1) is 13.8. The van der Waals surface area contributed by atoms with Crippen LogP contribution < -0.4 is 0 Å². The second-order valence-electron chi connectivity index (χ2n) is 6.60. The lowest BCUT2D eigenvalue weighted by atomic mass is 10.0. The van der Waals surface area contributed by atoms with Gasteiger partial charge in [-0.2, -0.15) is 5.10 Å². The molecule has 1 atom stereocenters. The summed E-state index contributed by atoms with van der Waals surface area (Å²) in [6.45, 7) is 2.58. The van der Waals surface area contributed by atoms with Crippen LogP contribution >= 0.6 is 11.8 Å². The molecule has 142 valence electrons. The molecule has 0 unspecified atom stereocenters. The molecule has 2 heterocycles. The van der Waals surface area contributed by atoms with Gasteiger partial charge in [-0.3, -0.25) is 9.69 Å². The molecule has 1 aliphatic rings. The zero-order valence-corrected chi connectivity index (χ0v) is 16.4. The minimum Gasteiger partial charge on any atom is -0.463 e. The summed E-state index contributed by atoms with van der Waals surface area (Å²) in [5.74, 6) is 0.733. The van der Waals surface area contributed by atoms with Gasteiger partial charge in [0.2, 0.25) is 5.91 Å². The molecule has 0 N–H and O–H groups in total. The highest BCUT2D eigenvalue weighted by Gasteiger charge is 2.37. The van der Waals surface area contributed by atoms with Gasteiger partial charge < -0.3 is 4.42 Å². The van der Waals surface area contributed by atoms with Crippen molar-refractivity contribution < 1.29 is 9.21 Å². The fraction of sp³-hybridized carbons (Fsp3) is 0.227. The molecule has 0 saturated carbocycles. The fourth-order valence-electron chi connectivity index (χ4n) is 3.28. The monoisotopic (exact) mass is 391 g/mol. The van der Waals surface area contributed by atoms with E-state index in [9.17, 15) is 4.79 Å². The molecule has 3 aromatic rings. The zero-order valence-electron chi connectivity index (χ0n) is 15.6. The lowest BCUT2D eigenvalue weighted by Gasteiger charge is -2.17. The van der Waals surface area contributed by atoms with Gasteiger partial charge in [-0.15, -0.1) is 5.10 Å². The summed E-state index contributed by atoms with van der Waals surface area (Å²) >= 11 is 1.50. The number of amides is 1. The Balaban J connectivity index is 1.63. The van der Waals surface area contributed by atoms with Crippen LogP contribution in [0.2, 0.25) is 0 Å². The number of carbonyl (C=O) groups is 1. The molecule has 28 heavy (non-hydrogen) atoms. The Hall–Kier alpha value is -2.86. The largest absolute Gasteiger partial charge is 0.463 e. The van der Waals surface area contributed by atoms with E-state index in [1.807, 2.05) is 24.3 Å². The molecule has 1 aliphatic heterocycles. The number of amidine groups is 1. The van der Waals surface area contributed by atoms with E-state index >= 15 is 0 Å². The highest BCUT2D eigenvalue weighted by Crippen LogP contribution is 2.32. The van der Waals surface area contributed by atoms with Gasteiger partial charge in [0.15, 0.2) is 5.17 Å². The van der Waals surface area contributed by atoms with Crippen LogP contribution in [0, 0.1) is 0 Å². The number of furan rings is 1. The summed E-state index contributed by atoms with van der Waals surface area (Å²) in [5.41, 5.74) is 1.10. The predicted octanol–water partition coefficient (Wildman–Crippen LogP) is 5.07. The molecule has 6 heteroatoms. The Bertz CT molecular complexity index is 1020. The maximum absolute atomic E-state index is 13.0. The van der Waals surface area contributed by atoms with Crippen molar-refractivity contribution >= 4 is 39.8 Å². The van der Waals surface area contributed by atoms with Crippen molar-refractivity contribution in [3.8, 4) is 0 Å². The van der Waals surface area contributed by atoms with Crippen LogP contribution in [0.4, 0.5) is 0 Å². The molecular weight excluding hydrogens is 370 g/mol. The minimum absolute atomic E-state index is 0.0995. The van der Waals surface area contributed by atoms with Crippen molar-refractivity contribution in [1.29, 1.82) is 0 Å². The standard InChI is InChI=1S/C22H21N3O2S/c1-2-7-20-21(26)25(22(28-20)24-23-14-18-11-6-13-27-18)15-17-10-5-9-16-8-3-4-12-19(16)17/h3-6,8-14,20H,2,7,15H2,1H3/b23-14-,24-22+/t20-/m0/s1. The highest BCUT2D eigenvalue weighted by molar-refractivity contribution is 8.15. The van der Waals surface area contributed by atoms with E-state index in [0.717, 1.165) is 23.8 Å². The third-order valence-electron chi connectivity index (χ3n) is 4.65. The van der Waals surface area contributed by atoms with Crippen molar-refractivity contribution in [2.75, 3.05) is 0 Å². The minimum atomic E-state index is -0.0995. The molecule has 1 amide bonds. The summed E-state index contributed by atoms with van der Waals surface area (Å²) < 4.78 is 5.24. The van der Waals surface area contributed by atoms with Crippen LogP contribution in [0.1, 0.15) is 31.1 Å². The lowest BCUT2D eigenvalue weighted by molar-refractivity contribution is -0.126. The van der Waals surface area contributed by atoms with Gasteiger partial charge in [-0.05, 0) is 34.9 Å². The molecule has 1 fully saturated rings. The van der Waals surface area contributed by atoms with E-state index in [4.69, 9.17) is 4.42 Å². The average Bonchev–Trinajstić information content (AvgIpc) is 3.33. The van der Waals surface area contributed by atoms with Crippen molar-refractivity contribution in [1.82, 2.24) is 4.90 Å². The molecule has 5 nitrogen and oxygen atoms in total. The maximum atomic E-state index is 13.0. The first-order valence-electron chi connectivity index (χ1n) is 9.35. The SMILES string of the molecule is CCC[C@@H]1S/C(=N/N=C\c2ccco2)N(Cc2cccc3ccccc23)C1=O. The van der Waals surface area contributed by atoms with Crippen molar-refractivity contribution in [2.45, 2.75) is 31.6 Å². The van der Waals surface area contributed by atoms with Gasteiger partial charge in [0.1, 0.15) is 5.76 Å². The van der Waals surface area contributed by atoms with Crippen LogP contribution in [0.15, 0.2) is 75.5 Å². The first-order valence-corrected chi connectivity index (χ1v) is 10.2. The maximum Gasteiger partial charge on any atom is 0.242 e. The van der Waals surface area contributed by atoms with E-state index in [1.165, 1.54) is 17.1 Å². The average molecular weight is 391 g/mol. The van der Waals surface area contributed by atoms with Crippen LogP contribution in [0.3, 0.4) is 0 Å². The van der Waals surface area contributed by atoms with Gasteiger partial charge in [0.05, 0.1) is 24.3 Å². The van der Waals surface area contributed by atoms with E-state index < -0.39 is 0 Å². The number of hydrogen-bond acceptors (Lipinski definition) is 5. The molecule has 2 aromatic carbocycles. The highest BCUT2D eigenvalue weighted by atomic mass is 32.2. The molecule has 0 spiro atoms. The third-order valence-corrected chi connectivity index (χ3v) is 5.89. The number of rotatable bonds is 6. The van der Waals surface area contributed by atoms with Crippen molar-refractivity contribution in [3.05, 3.63) is 72.2 Å². The first kappa shape index (κ1) is 18.5. The van der Waals surface area contributed by atoms with Crippen LogP contribution in [-0.4, -0.2) is 27.4 Å². The van der Waals surface area contributed by atoms with E-state index in [-0.39, 0.29) is 11.2 Å². The van der Waals surface area contributed by atoms with Crippen molar-refractivity contribution in [3.63, 3.8) is 0 Å². The molecular formula is C22H21N3O2S. The quantitative estimate of drug-likeness (QED) is 0.435. The Morgan fingerprint density at radius 2 is 2.00 bits per heavy atom. The van der Waals surface area contributed by atoms with Gasteiger partial charge in [-0.1, -0.05) is 67.6 Å². The van der Waals surface area contributed by atoms with E-state index in [2.05, 4.69) is 41.4 Å². The summed E-state index contributed by atoms with van der Waals surface area (Å²) in [6, 6.07) is 18.0. The second kappa shape index (κ2) is 8.44. The topological polar surface area (TPSA) is 58.2 Å². The van der Waals surface area contributed by atoms with Crippen LogP contribution in [-0.2, 0) is 11.3 Å². The molecule has 0 radical (unpaired) electrons. The Morgan fingerprint density at radius 3 is 2.82 bits per heavy atom. The smallest absolute Gasteiger partial charge is 0.242 e. The summed E-state index contributed by atoms with van der Waals surface area (Å²) in [4.78, 5) is 14.7. The number of benzene rings is 2. The van der Waals surface area contributed by atoms with Gasteiger partial charge in [0.25, 0.3) is 0 Å². The number of hydrogen-bond donors (Lipinski definition) is 0. The Kier molecular flexibility index (Phi) is 5.58. The molecule has 1 saturated heterocycles. The predicted molar refractivity (Wildman–Crippen MR) is 115 cm³/mol. The number of carbonyl (C=O) groups excluding carboxylic acids is 1. The van der Waals surface area contributed by atoms with E-state index in [0.29, 0.717) is 17.5 Å². The molecule has 4 rings (SSSR count). The Morgan fingerprint density at radius 1 is 1.14 bits per heavy atom. The molecule has 0 aliphatic carbocycles. The van der Waals surface area contributed by atoms with Gasteiger partial charge >= 0.3 is 0 Å². The Labute approximate surface area is 168 Å². The normalized spacial score (nSPS) is 18.8. The summed E-state index contributed by atoms with van der Waals surface area (Å²) in [6.07, 6.45) is 4.93. The number of nitrogens with zero attached hydrogens (tertiary/aromatic N) is 3. The van der Waals surface area contributed by atoms with Gasteiger partial charge in [0, 0.05) is 0 Å². The van der Waals surface area contributed by atoms with Crippen LogP contribution in [0.5, 0.6) is 0 Å². The molecule has 1 aromatic heterocycles. The second-order valence-corrected chi connectivity index (χ2v) is 7.77. The zero-order chi connectivity index (χ0) is 19.3. The third kappa shape index (κ3) is 3.87. The fourth-order valence-corrected chi connectivity index (χ4v) is 4.49. The summed E-state index contributed by atoms with van der Waals surface area (Å²) in [5, 5.41) is 11.3. The molecule has 0 bridgehead atoms. The van der Waals surface area contributed by atoms with Gasteiger partial charge in [-0.25, -0.2) is 0 Å². The van der Waals surface area contributed by atoms with Crippen LogP contribution in [0.25, 0.3) is 10.8 Å². The summed E-state index contributed by atoms with van der Waals surface area (Å²) in [7, 11) is 0. The number of fused-ring (bicyclic) bond motifs is 1. The lowest BCUT2D eigenvalue weighted by Crippen LogP contribution is -2.31.